The number of hydrogen-bond acceptors (Lipinski definition) is 5. The third kappa shape index (κ3) is 3.77. The van der Waals surface area contributed by atoms with Crippen molar-refractivity contribution in [2.24, 2.45) is 0 Å². The molecule has 0 radical (unpaired) electrons. The zero-order valence-electron chi connectivity index (χ0n) is 16.8. The first-order valence-corrected chi connectivity index (χ1v) is 9.74. The van der Waals surface area contributed by atoms with Crippen LogP contribution >= 0.6 is 0 Å². The number of carbonyl (C=O) groups excluding carboxylic acids is 1. The smallest absolute Gasteiger partial charge is 0.227 e. The zero-order valence-corrected chi connectivity index (χ0v) is 16.8. The van der Waals surface area contributed by atoms with E-state index in [2.05, 4.69) is 15.1 Å². The lowest BCUT2D eigenvalue weighted by molar-refractivity contribution is -0.131. The number of aromatic nitrogens is 3. The predicted octanol–water partition coefficient (Wildman–Crippen LogP) is 4.10. The molecule has 2 aromatic heterocycles. The molecular weight excluding hydrogens is 371 g/mol. The number of amides is 1. The summed E-state index contributed by atoms with van der Waals surface area (Å²) in [7, 11) is 0. The summed E-state index contributed by atoms with van der Waals surface area (Å²) >= 11 is 0. The molecule has 0 aliphatic carbocycles. The van der Waals surface area contributed by atoms with Crippen LogP contribution in [0.1, 0.15) is 47.2 Å². The first kappa shape index (κ1) is 19.2. The van der Waals surface area contributed by atoms with E-state index in [0.717, 1.165) is 35.4 Å². The van der Waals surface area contributed by atoms with Crippen LogP contribution in [0, 0.1) is 26.6 Å². The molecule has 150 valence electrons. The number of rotatable bonds is 4. The summed E-state index contributed by atoms with van der Waals surface area (Å²) in [6, 6.07) is 6.01. The second-order valence-corrected chi connectivity index (χ2v) is 7.49. The van der Waals surface area contributed by atoms with Gasteiger partial charge in [0.1, 0.15) is 11.6 Å². The van der Waals surface area contributed by atoms with Gasteiger partial charge in [-0.2, -0.15) is 0 Å². The summed E-state index contributed by atoms with van der Waals surface area (Å²) in [4.78, 5) is 23.9. The highest BCUT2D eigenvalue weighted by Gasteiger charge is 2.34. The van der Waals surface area contributed by atoms with Gasteiger partial charge in [-0.25, -0.2) is 14.4 Å². The van der Waals surface area contributed by atoms with Gasteiger partial charge in [0.25, 0.3) is 0 Å². The highest BCUT2D eigenvalue weighted by Crippen LogP contribution is 2.38. The van der Waals surface area contributed by atoms with Crippen molar-refractivity contribution in [1.82, 2.24) is 20.0 Å². The fraction of sp³-hybridized carbons (Fsp3) is 0.364. The molecule has 1 atom stereocenters. The topological polar surface area (TPSA) is 72.1 Å². The van der Waals surface area contributed by atoms with Crippen LogP contribution in [0.5, 0.6) is 0 Å². The maximum Gasteiger partial charge on any atom is 0.227 e. The van der Waals surface area contributed by atoms with E-state index in [1.54, 1.807) is 18.3 Å². The fourth-order valence-electron chi connectivity index (χ4n) is 3.86. The monoisotopic (exact) mass is 394 g/mol. The Morgan fingerprint density at radius 1 is 1.31 bits per heavy atom. The standard InChI is InChI=1S/C22H23FN4O2/c1-13-14(2)26-29-22(13)18-12-24-15(3)25-21(18)19-8-5-9-27(19)20(28)11-16-6-4-7-17(23)10-16/h4,6-7,10,12,19H,5,8-9,11H2,1-3H3. The number of likely N-dealkylation sites (tertiary alicyclic amines) is 1. The maximum absolute atomic E-state index is 13.5. The molecule has 1 saturated heterocycles. The predicted molar refractivity (Wildman–Crippen MR) is 106 cm³/mol. The Bertz CT molecular complexity index is 1060. The Kier molecular flexibility index (Phi) is 5.13. The van der Waals surface area contributed by atoms with Gasteiger partial charge in [0.05, 0.1) is 29.4 Å². The Balaban J connectivity index is 1.67. The van der Waals surface area contributed by atoms with Gasteiger partial charge in [0.2, 0.25) is 5.91 Å². The molecule has 1 amide bonds. The van der Waals surface area contributed by atoms with Gasteiger partial charge < -0.3 is 9.42 Å². The first-order chi connectivity index (χ1) is 13.9. The lowest BCUT2D eigenvalue weighted by atomic mass is 10.0. The van der Waals surface area contributed by atoms with E-state index < -0.39 is 0 Å². The second-order valence-electron chi connectivity index (χ2n) is 7.49. The van der Waals surface area contributed by atoms with Crippen molar-refractivity contribution < 1.29 is 13.7 Å². The third-order valence-electron chi connectivity index (χ3n) is 5.47. The molecule has 3 aromatic rings. The summed E-state index contributed by atoms with van der Waals surface area (Å²) in [5.41, 5.74) is 3.97. The van der Waals surface area contributed by atoms with Gasteiger partial charge in [-0.15, -0.1) is 0 Å². The van der Waals surface area contributed by atoms with E-state index in [-0.39, 0.29) is 24.2 Å². The largest absolute Gasteiger partial charge is 0.356 e. The van der Waals surface area contributed by atoms with Crippen LogP contribution in [-0.4, -0.2) is 32.5 Å². The van der Waals surface area contributed by atoms with E-state index in [9.17, 15) is 9.18 Å². The molecule has 1 aromatic carbocycles. The van der Waals surface area contributed by atoms with Gasteiger partial charge in [0.15, 0.2) is 5.76 Å². The number of benzene rings is 1. The minimum Gasteiger partial charge on any atom is -0.356 e. The van der Waals surface area contributed by atoms with Gasteiger partial charge in [-0.3, -0.25) is 4.79 Å². The summed E-state index contributed by atoms with van der Waals surface area (Å²) in [5.74, 6) is 0.910. The summed E-state index contributed by atoms with van der Waals surface area (Å²) in [6.45, 7) is 6.32. The summed E-state index contributed by atoms with van der Waals surface area (Å²) < 4.78 is 19.1. The molecule has 3 heterocycles. The van der Waals surface area contributed by atoms with Crippen molar-refractivity contribution in [2.45, 2.75) is 46.1 Å². The van der Waals surface area contributed by atoms with Crippen LogP contribution in [0.15, 0.2) is 35.0 Å². The van der Waals surface area contributed by atoms with Crippen molar-refractivity contribution in [2.75, 3.05) is 6.54 Å². The Labute approximate surface area is 168 Å². The number of hydrogen-bond donors (Lipinski definition) is 0. The fourth-order valence-corrected chi connectivity index (χ4v) is 3.86. The van der Waals surface area contributed by atoms with Gasteiger partial charge >= 0.3 is 0 Å². The molecule has 4 rings (SSSR count). The number of aryl methyl sites for hydroxylation is 2. The van der Waals surface area contributed by atoms with Crippen molar-refractivity contribution in [3.63, 3.8) is 0 Å². The zero-order chi connectivity index (χ0) is 20.5. The minimum atomic E-state index is -0.335. The molecule has 0 saturated carbocycles. The molecule has 0 bridgehead atoms. The van der Waals surface area contributed by atoms with Crippen LogP contribution in [0.4, 0.5) is 4.39 Å². The molecule has 0 spiro atoms. The maximum atomic E-state index is 13.5. The highest BCUT2D eigenvalue weighted by atomic mass is 19.1. The molecule has 1 unspecified atom stereocenters. The lowest BCUT2D eigenvalue weighted by Gasteiger charge is -2.26. The quantitative estimate of drug-likeness (QED) is 0.666. The normalized spacial score (nSPS) is 16.4. The van der Waals surface area contributed by atoms with Crippen molar-refractivity contribution in [3.05, 3.63) is 64.6 Å². The van der Waals surface area contributed by atoms with Gasteiger partial charge in [0, 0.05) is 18.3 Å². The molecular formula is C22H23FN4O2. The van der Waals surface area contributed by atoms with Crippen molar-refractivity contribution >= 4 is 5.91 Å². The average molecular weight is 394 g/mol. The van der Waals surface area contributed by atoms with Crippen LogP contribution in [0.3, 0.4) is 0 Å². The molecule has 7 heteroatoms. The Hall–Kier alpha value is -3.09. The molecule has 1 aliphatic rings. The lowest BCUT2D eigenvalue weighted by Crippen LogP contribution is -2.32. The summed E-state index contributed by atoms with van der Waals surface area (Å²) in [6.07, 6.45) is 3.60. The molecule has 1 fully saturated rings. The van der Waals surface area contributed by atoms with E-state index >= 15 is 0 Å². The number of carbonyl (C=O) groups is 1. The third-order valence-corrected chi connectivity index (χ3v) is 5.47. The van der Waals surface area contributed by atoms with Gasteiger partial charge in [-0.05, 0) is 51.3 Å². The van der Waals surface area contributed by atoms with E-state index in [0.29, 0.717) is 23.7 Å². The highest BCUT2D eigenvalue weighted by molar-refractivity contribution is 5.80. The molecule has 29 heavy (non-hydrogen) atoms. The minimum absolute atomic E-state index is 0.0363. The average Bonchev–Trinajstić information content (AvgIpc) is 3.30. The van der Waals surface area contributed by atoms with Crippen LogP contribution < -0.4 is 0 Å². The van der Waals surface area contributed by atoms with Crippen LogP contribution in [-0.2, 0) is 11.2 Å². The molecule has 1 aliphatic heterocycles. The number of halogens is 1. The Morgan fingerprint density at radius 3 is 2.86 bits per heavy atom. The summed E-state index contributed by atoms with van der Waals surface area (Å²) in [5, 5.41) is 4.05. The molecule has 0 N–H and O–H groups in total. The van der Waals surface area contributed by atoms with Crippen molar-refractivity contribution in [3.8, 4) is 11.3 Å². The van der Waals surface area contributed by atoms with E-state index in [1.165, 1.54) is 12.1 Å². The van der Waals surface area contributed by atoms with Crippen LogP contribution in [0.2, 0.25) is 0 Å². The first-order valence-electron chi connectivity index (χ1n) is 9.74. The van der Waals surface area contributed by atoms with E-state index in [1.807, 2.05) is 25.7 Å². The van der Waals surface area contributed by atoms with Gasteiger partial charge in [-0.1, -0.05) is 17.3 Å². The Morgan fingerprint density at radius 2 is 2.14 bits per heavy atom. The molecule has 6 nitrogen and oxygen atoms in total. The van der Waals surface area contributed by atoms with Crippen LogP contribution in [0.25, 0.3) is 11.3 Å². The van der Waals surface area contributed by atoms with E-state index in [4.69, 9.17) is 4.52 Å². The SMILES string of the molecule is Cc1ncc(-c2onc(C)c2C)c(C2CCCN2C(=O)Cc2cccc(F)c2)n1. The second kappa shape index (κ2) is 7.73. The van der Waals surface area contributed by atoms with Crippen molar-refractivity contribution in [1.29, 1.82) is 0 Å². The number of nitrogens with zero attached hydrogens (tertiary/aromatic N) is 4.